The molecule has 3 N–H and O–H groups in total. The Morgan fingerprint density at radius 3 is 2.76 bits per heavy atom. The molecule has 2 rings (SSSR count). The number of rotatable bonds is 7. The van der Waals surface area contributed by atoms with Crippen molar-refractivity contribution in [3.63, 3.8) is 0 Å². The summed E-state index contributed by atoms with van der Waals surface area (Å²) in [4.78, 5) is 10.3. The van der Waals surface area contributed by atoms with E-state index in [2.05, 4.69) is 34.0 Å². The van der Waals surface area contributed by atoms with E-state index in [1.54, 1.807) is 6.26 Å². The predicted octanol–water partition coefficient (Wildman–Crippen LogP) is 2.80. The topological polar surface area (TPSA) is 80.2 Å². The normalized spacial score (nSPS) is 12.6. The van der Waals surface area contributed by atoms with E-state index in [-0.39, 0.29) is 11.9 Å². The van der Waals surface area contributed by atoms with Crippen LogP contribution in [0, 0.1) is 0 Å². The van der Waals surface area contributed by atoms with Gasteiger partial charge in [-0.2, -0.15) is 0 Å². The molecule has 6 nitrogen and oxygen atoms in total. The standard InChI is InChI=1S/C14H20ClN5O/c1-3-20(4-2)10(11-6-5-7-21-11)8-17-14-12(15)13(16)18-9-19-14/h5-7,9-10H,3-4,8H2,1-2H3,(H3,16,17,18,19). The summed E-state index contributed by atoms with van der Waals surface area (Å²) < 4.78 is 5.55. The number of likely N-dealkylation sites (N-methyl/N-ethyl adjacent to an activating group) is 1. The SMILES string of the molecule is CCN(CC)C(CNc1ncnc(N)c1Cl)c1ccco1. The second kappa shape index (κ2) is 7.28. The number of hydrogen-bond donors (Lipinski definition) is 2. The van der Waals surface area contributed by atoms with Gasteiger partial charge >= 0.3 is 0 Å². The molecular formula is C14H20ClN5O. The molecule has 7 heteroatoms. The van der Waals surface area contributed by atoms with Crippen molar-refractivity contribution in [3.05, 3.63) is 35.5 Å². The van der Waals surface area contributed by atoms with Crippen LogP contribution >= 0.6 is 11.6 Å². The number of halogens is 1. The van der Waals surface area contributed by atoms with Crippen LogP contribution in [0.2, 0.25) is 5.02 Å². The number of anilines is 2. The van der Waals surface area contributed by atoms with Crippen LogP contribution in [0.1, 0.15) is 25.6 Å². The van der Waals surface area contributed by atoms with Crippen LogP contribution < -0.4 is 11.1 Å². The van der Waals surface area contributed by atoms with E-state index in [0.29, 0.717) is 17.4 Å². The van der Waals surface area contributed by atoms with Crippen LogP contribution in [0.4, 0.5) is 11.6 Å². The minimum Gasteiger partial charge on any atom is -0.468 e. The monoisotopic (exact) mass is 309 g/mol. The first-order valence-corrected chi connectivity index (χ1v) is 7.32. The molecule has 0 bridgehead atoms. The zero-order valence-corrected chi connectivity index (χ0v) is 13.0. The molecule has 2 aromatic heterocycles. The summed E-state index contributed by atoms with van der Waals surface area (Å²) in [6, 6.07) is 3.96. The molecule has 114 valence electrons. The fourth-order valence-electron chi connectivity index (χ4n) is 2.25. The lowest BCUT2D eigenvalue weighted by Gasteiger charge is -2.28. The van der Waals surface area contributed by atoms with Gasteiger partial charge in [-0.25, -0.2) is 9.97 Å². The molecule has 21 heavy (non-hydrogen) atoms. The Morgan fingerprint density at radius 1 is 1.38 bits per heavy atom. The van der Waals surface area contributed by atoms with Crippen LogP contribution in [0.15, 0.2) is 29.1 Å². The molecule has 0 fully saturated rings. The van der Waals surface area contributed by atoms with Crippen molar-refractivity contribution in [3.8, 4) is 0 Å². The third kappa shape index (κ3) is 3.65. The van der Waals surface area contributed by atoms with E-state index in [1.165, 1.54) is 6.33 Å². The maximum absolute atomic E-state index is 6.10. The Balaban J connectivity index is 2.14. The summed E-state index contributed by atoms with van der Waals surface area (Å²) in [6.07, 6.45) is 3.07. The lowest BCUT2D eigenvalue weighted by molar-refractivity contribution is 0.202. The molecule has 0 amide bonds. The van der Waals surface area contributed by atoms with Gasteiger partial charge in [0.25, 0.3) is 0 Å². The summed E-state index contributed by atoms with van der Waals surface area (Å²) >= 11 is 6.10. The Kier molecular flexibility index (Phi) is 5.41. The number of hydrogen-bond acceptors (Lipinski definition) is 6. The van der Waals surface area contributed by atoms with Gasteiger partial charge in [0.1, 0.15) is 22.9 Å². The Hall–Kier alpha value is -1.79. The molecular weight excluding hydrogens is 290 g/mol. The molecule has 2 heterocycles. The zero-order valence-electron chi connectivity index (χ0n) is 12.2. The summed E-state index contributed by atoms with van der Waals surface area (Å²) in [5.41, 5.74) is 5.68. The molecule has 0 saturated heterocycles. The molecule has 0 aliphatic rings. The minimum atomic E-state index is 0.0993. The highest BCUT2D eigenvalue weighted by Crippen LogP contribution is 2.26. The molecule has 0 aromatic carbocycles. The highest BCUT2D eigenvalue weighted by Gasteiger charge is 2.21. The van der Waals surface area contributed by atoms with Gasteiger partial charge in [0.2, 0.25) is 0 Å². The number of nitrogen functional groups attached to an aromatic ring is 1. The Labute approximate surface area is 129 Å². The quantitative estimate of drug-likeness (QED) is 0.818. The molecule has 0 spiro atoms. The Bertz CT molecular complexity index is 556. The number of aromatic nitrogens is 2. The first kappa shape index (κ1) is 15.6. The average molecular weight is 310 g/mol. The van der Waals surface area contributed by atoms with Crippen molar-refractivity contribution in [1.82, 2.24) is 14.9 Å². The summed E-state index contributed by atoms with van der Waals surface area (Å²) in [6.45, 7) is 6.70. The first-order valence-electron chi connectivity index (χ1n) is 6.94. The van der Waals surface area contributed by atoms with Crippen LogP contribution in [0.25, 0.3) is 0 Å². The Morgan fingerprint density at radius 2 is 2.14 bits per heavy atom. The first-order chi connectivity index (χ1) is 10.2. The van der Waals surface area contributed by atoms with Crippen molar-refractivity contribution >= 4 is 23.2 Å². The minimum absolute atomic E-state index is 0.0993. The maximum atomic E-state index is 6.10. The summed E-state index contributed by atoms with van der Waals surface area (Å²) in [7, 11) is 0. The van der Waals surface area contributed by atoms with Crippen LogP contribution in [0.5, 0.6) is 0 Å². The molecule has 2 aromatic rings. The van der Waals surface area contributed by atoms with Gasteiger partial charge in [0.05, 0.1) is 12.3 Å². The number of nitrogens with two attached hydrogens (primary N) is 1. The van der Waals surface area contributed by atoms with Crippen LogP contribution in [-0.2, 0) is 0 Å². The number of furan rings is 1. The van der Waals surface area contributed by atoms with Crippen molar-refractivity contribution in [2.45, 2.75) is 19.9 Å². The van der Waals surface area contributed by atoms with E-state index in [9.17, 15) is 0 Å². The molecule has 0 saturated carbocycles. The largest absolute Gasteiger partial charge is 0.468 e. The van der Waals surface area contributed by atoms with Gasteiger partial charge in [-0.05, 0) is 25.2 Å². The highest BCUT2D eigenvalue weighted by atomic mass is 35.5. The smallest absolute Gasteiger partial charge is 0.150 e. The number of nitrogens with one attached hydrogen (secondary N) is 1. The average Bonchev–Trinajstić information content (AvgIpc) is 3.01. The van der Waals surface area contributed by atoms with Gasteiger partial charge in [-0.3, -0.25) is 4.90 Å². The van der Waals surface area contributed by atoms with Crippen molar-refractivity contribution in [1.29, 1.82) is 0 Å². The van der Waals surface area contributed by atoms with Crippen molar-refractivity contribution < 1.29 is 4.42 Å². The van der Waals surface area contributed by atoms with Crippen LogP contribution in [-0.4, -0.2) is 34.5 Å². The lowest BCUT2D eigenvalue weighted by atomic mass is 10.2. The second-order valence-corrected chi connectivity index (χ2v) is 4.93. The molecule has 1 atom stereocenters. The predicted molar refractivity (Wildman–Crippen MR) is 84.3 cm³/mol. The van der Waals surface area contributed by atoms with Gasteiger partial charge < -0.3 is 15.5 Å². The summed E-state index contributed by atoms with van der Waals surface area (Å²) in [5.74, 6) is 1.71. The number of nitrogens with zero attached hydrogens (tertiary/aromatic N) is 3. The van der Waals surface area contributed by atoms with Gasteiger partial charge in [-0.15, -0.1) is 0 Å². The van der Waals surface area contributed by atoms with Crippen LogP contribution in [0.3, 0.4) is 0 Å². The third-order valence-corrected chi connectivity index (χ3v) is 3.78. The van der Waals surface area contributed by atoms with Gasteiger partial charge in [0, 0.05) is 6.54 Å². The van der Waals surface area contributed by atoms with Gasteiger partial charge in [0.15, 0.2) is 5.82 Å². The fraction of sp³-hybridized carbons (Fsp3) is 0.429. The lowest BCUT2D eigenvalue weighted by Crippen LogP contribution is -2.33. The zero-order chi connectivity index (χ0) is 15.2. The molecule has 0 aliphatic carbocycles. The second-order valence-electron chi connectivity index (χ2n) is 4.55. The molecule has 0 aliphatic heterocycles. The van der Waals surface area contributed by atoms with E-state index >= 15 is 0 Å². The van der Waals surface area contributed by atoms with E-state index in [0.717, 1.165) is 18.8 Å². The summed E-state index contributed by atoms with van der Waals surface area (Å²) in [5, 5.41) is 3.57. The van der Waals surface area contributed by atoms with E-state index < -0.39 is 0 Å². The van der Waals surface area contributed by atoms with Gasteiger partial charge in [-0.1, -0.05) is 25.4 Å². The van der Waals surface area contributed by atoms with Crippen molar-refractivity contribution in [2.75, 3.05) is 30.7 Å². The maximum Gasteiger partial charge on any atom is 0.150 e. The van der Waals surface area contributed by atoms with Crippen molar-refractivity contribution in [2.24, 2.45) is 0 Å². The molecule has 0 radical (unpaired) electrons. The van der Waals surface area contributed by atoms with E-state index in [1.807, 2.05) is 12.1 Å². The molecule has 1 unspecified atom stereocenters. The highest BCUT2D eigenvalue weighted by molar-refractivity contribution is 6.35. The fourth-order valence-corrected chi connectivity index (χ4v) is 2.42. The van der Waals surface area contributed by atoms with E-state index in [4.69, 9.17) is 21.8 Å². The third-order valence-electron chi connectivity index (χ3n) is 3.40.